The second-order valence-corrected chi connectivity index (χ2v) is 6.16. The molecule has 1 N–H and O–H groups in total. The fourth-order valence-corrected chi connectivity index (χ4v) is 3.17. The molecule has 0 amide bonds. The number of aryl methyl sites for hydroxylation is 1. The molecule has 0 aliphatic carbocycles. The molecule has 2 aromatic rings. The molecule has 0 radical (unpaired) electrons. The molecule has 1 aromatic carbocycles. The van der Waals surface area contributed by atoms with Crippen LogP contribution >= 0.6 is 0 Å². The molecule has 0 spiro atoms. The quantitative estimate of drug-likeness (QED) is 0.874. The maximum atomic E-state index is 13.9. The zero-order chi connectivity index (χ0) is 17.1. The molecule has 1 aromatic heterocycles. The number of carbonyl (C=O) groups excluding carboxylic acids is 1. The smallest absolute Gasteiger partial charge is 0.172 e. The number of halogens is 1. The third-order valence-corrected chi connectivity index (χ3v) is 4.52. The Bertz CT molecular complexity index is 743. The van der Waals surface area contributed by atoms with Crippen LogP contribution in [0.4, 0.5) is 10.1 Å². The third kappa shape index (κ3) is 3.37. The molecule has 1 aliphatic heterocycles. The topological polar surface area (TPSA) is 66.3 Å². The Morgan fingerprint density at radius 1 is 1.29 bits per heavy atom. The highest BCUT2D eigenvalue weighted by Crippen LogP contribution is 2.27. The van der Waals surface area contributed by atoms with Crippen molar-refractivity contribution in [2.24, 2.45) is 5.92 Å². The van der Waals surface area contributed by atoms with Crippen LogP contribution in [0.3, 0.4) is 0 Å². The van der Waals surface area contributed by atoms with Gasteiger partial charge in [-0.2, -0.15) is 0 Å². The van der Waals surface area contributed by atoms with Crippen molar-refractivity contribution < 1.29 is 14.3 Å². The van der Waals surface area contributed by atoms with Crippen LogP contribution < -0.4 is 4.90 Å². The van der Waals surface area contributed by atoms with Crippen LogP contribution in [0, 0.1) is 18.7 Å². The van der Waals surface area contributed by atoms with Gasteiger partial charge < -0.3 is 10.0 Å². The van der Waals surface area contributed by atoms with Crippen LogP contribution in [0.2, 0.25) is 0 Å². The maximum Gasteiger partial charge on any atom is 0.172 e. The fraction of sp³-hybridized carbons (Fsp3) is 0.389. The molecule has 2 heterocycles. The summed E-state index contributed by atoms with van der Waals surface area (Å²) < 4.78 is 13.9. The van der Waals surface area contributed by atoms with E-state index in [0.717, 1.165) is 25.9 Å². The van der Waals surface area contributed by atoms with Gasteiger partial charge in [-0.05, 0) is 37.8 Å². The Morgan fingerprint density at radius 2 is 2.00 bits per heavy atom. The van der Waals surface area contributed by atoms with E-state index in [9.17, 15) is 14.3 Å². The van der Waals surface area contributed by atoms with E-state index in [-0.39, 0.29) is 17.3 Å². The van der Waals surface area contributed by atoms with Crippen molar-refractivity contribution in [2.75, 3.05) is 18.0 Å². The highest BCUT2D eigenvalue weighted by atomic mass is 19.1. The van der Waals surface area contributed by atoms with Crippen LogP contribution in [0.1, 0.15) is 34.8 Å². The summed E-state index contributed by atoms with van der Waals surface area (Å²) in [6.07, 6.45) is 3.03. The van der Waals surface area contributed by atoms with Crippen LogP contribution in [-0.2, 0) is 6.42 Å². The standard InChI is InChI=1S/C18H20FN3O2/c1-12-18(24)15(11-23)21-17(20-12)10-13-6-8-22(9-7-13)16-5-3-2-4-14(16)19/h2-5,11,13,24H,6-10H2,1H3. The van der Waals surface area contributed by atoms with Crippen LogP contribution in [0.5, 0.6) is 5.75 Å². The number of benzene rings is 1. The summed E-state index contributed by atoms with van der Waals surface area (Å²) in [6, 6.07) is 6.83. The fourth-order valence-electron chi connectivity index (χ4n) is 3.17. The number of piperidine rings is 1. The first-order chi connectivity index (χ1) is 11.6. The minimum absolute atomic E-state index is 0.0429. The summed E-state index contributed by atoms with van der Waals surface area (Å²) in [4.78, 5) is 21.4. The number of hydrogen-bond donors (Lipinski definition) is 1. The van der Waals surface area contributed by atoms with Crippen molar-refractivity contribution in [3.63, 3.8) is 0 Å². The molecule has 3 rings (SSSR count). The van der Waals surface area contributed by atoms with Crippen molar-refractivity contribution in [1.82, 2.24) is 9.97 Å². The highest BCUT2D eigenvalue weighted by molar-refractivity contribution is 5.76. The summed E-state index contributed by atoms with van der Waals surface area (Å²) in [5.74, 6) is 0.625. The maximum absolute atomic E-state index is 13.9. The van der Waals surface area contributed by atoms with Gasteiger partial charge in [0, 0.05) is 19.5 Å². The lowest BCUT2D eigenvalue weighted by Crippen LogP contribution is -2.35. The molecule has 1 aliphatic rings. The van der Waals surface area contributed by atoms with E-state index in [1.165, 1.54) is 6.07 Å². The van der Waals surface area contributed by atoms with E-state index in [1.807, 2.05) is 6.07 Å². The molecule has 1 saturated heterocycles. The van der Waals surface area contributed by atoms with Gasteiger partial charge in [0.15, 0.2) is 12.0 Å². The van der Waals surface area contributed by atoms with Crippen molar-refractivity contribution in [1.29, 1.82) is 0 Å². The molecule has 1 fully saturated rings. The Labute approximate surface area is 140 Å². The number of aromatic nitrogens is 2. The molecule has 5 nitrogen and oxygen atoms in total. The van der Waals surface area contributed by atoms with Gasteiger partial charge in [0.1, 0.15) is 17.3 Å². The van der Waals surface area contributed by atoms with Gasteiger partial charge in [0.25, 0.3) is 0 Å². The summed E-state index contributed by atoms with van der Waals surface area (Å²) in [7, 11) is 0. The highest BCUT2D eigenvalue weighted by Gasteiger charge is 2.23. The zero-order valence-electron chi connectivity index (χ0n) is 13.6. The first-order valence-corrected chi connectivity index (χ1v) is 8.09. The second kappa shape index (κ2) is 6.95. The lowest BCUT2D eigenvalue weighted by atomic mass is 9.92. The Balaban J connectivity index is 1.65. The Kier molecular flexibility index (Phi) is 4.74. The number of carbonyl (C=O) groups is 1. The Morgan fingerprint density at radius 3 is 2.67 bits per heavy atom. The summed E-state index contributed by atoms with van der Waals surface area (Å²) in [5.41, 5.74) is 1.11. The van der Waals surface area contributed by atoms with E-state index in [0.29, 0.717) is 35.8 Å². The van der Waals surface area contributed by atoms with Gasteiger partial charge in [0.05, 0.1) is 11.4 Å². The van der Waals surface area contributed by atoms with E-state index >= 15 is 0 Å². The van der Waals surface area contributed by atoms with Gasteiger partial charge in [-0.1, -0.05) is 12.1 Å². The number of nitrogens with zero attached hydrogens (tertiary/aromatic N) is 3. The predicted octanol–water partition coefficient (Wildman–Crippen LogP) is 2.90. The number of rotatable bonds is 4. The van der Waals surface area contributed by atoms with Gasteiger partial charge in [-0.25, -0.2) is 14.4 Å². The number of anilines is 1. The van der Waals surface area contributed by atoms with Crippen LogP contribution in [0.25, 0.3) is 0 Å². The van der Waals surface area contributed by atoms with Crippen molar-refractivity contribution in [2.45, 2.75) is 26.2 Å². The normalized spacial score (nSPS) is 15.5. The lowest BCUT2D eigenvalue weighted by molar-refractivity contribution is 0.111. The SMILES string of the molecule is Cc1nc(CC2CCN(c3ccccc3F)CC2)nc(C=O)c1O. The minimum atomic E-state index is -0.191. The predicted molar refractivity (Wildman–Crippen MR) is 88.9 cm³/mol. The van der Waals surface area contributed by atoms with Gasteiger partial charge in [0.2, 0.25) is 0 Å². The minimum Gasteiger partial charge on any atom is -0.504 e. The Hall–Kier alpha value is -2.50. The number of aldehydes is 1. The second-order valence-electron chi connectivity index (χ2n) is 6.16. The largest absolute Gasteiger partial charge is 0.504 e. The molecule has 0 saturated carbocycles. The van der Waals surface area contributed by atoms with E-state index in [1.54, 1.807) is 19.1 Å². The van der Waals surface area contributed by atoms with E-state index in [4.69, 9.17) is 0 Å². The van der Waals surface area contributed by atoms with Gasteiger partial charge >= 0.3 is 0 Å². The monoisotopic (exact) mass is 329 g/mol. The molecular formula is C18H20FN3O2. The first-order valence-electron chi connectivity index (χ1n) is 8.09. The average molecular weight is 329 g/mol. The molecule has 0 atom stereocenters. The van der Waals surface area contributed by atoms with Crippen molar-refractivity contribution in [3.8, 4) is 5.75 Å². The molecule has 126 valence electrons. The van der Waals surface area contributed by atoms with Crippen molar-refractivity contribution in [3.05, 3.63) is 47.3 Å². The van der Waals surface area contributed by atoms with Gasteiger partial charge in [-0.3, -0.25) is 4.79 Å². The summed E-state index contributed by atoms with van der Waals surface area (Å²) in [6.45, 7) is 3.22. The zero-order valence-corrected chi connectivity index (χ0v) is 13.6. The third-order valence-electron chi connectivity index (χ3n) is 4.52. The molecular weight excluding hydrogens is 309 g/mol. The van der Waals surface area contributed by atoms with Crippen molar-refractivity contribution >= 4 is 12.0 Å². The van der Waals surface area contributed by atoms with Gasteiger partial charge in [-0.15, -0.1) is 0 Å². The summed E-state index contributed by atoms with van der Waals surface area (Å²) >= 11 is 0. The molecule has 24 heavy (non-hydrogen) atoms. The number of para-hydroxylation sites is 1. The molecule has 6 heteroatoms. The van der Waals surface area contributed by atoms with Crippen LogP contribution in [-0.4, -0.2) is 34.5 Å². The average Bonchev–Trinajstić information content (AvgIpc) is 2.59. The van der Waals surface area contributed by atoms with E-state index in [2.05, 4.69) is 14.9 Å². The number of aromatic hydroxyl groups is 1. The summed E-state index contributed by atoms with van der Waals surface area (Å²) in [5, 5.41) is 9.72. The first kappa shape index (κ1) is 16.4. The lowest BCUT2D eigenvalue weighted by Gasteiger charge is -2.33. The molecule has 0 unspecified atom stereocenters. The van der Waals surface area contributed by atoms with E-state index < -0.39 is 0 Å². The van der Waals surface area contributed by atoms with Crippen LogP contribution in [0.15, 0.2) is 24.3 Å². The number of hydrogen-bond acceptors (Lipinski definition) is 5. The molecule has 0 bridgehead atoms.